The molecule has 0 saturated carbocycles. The van der Waals surface area contributed by atoms with Crippen LogP contribution >= 0.6 is 0 Å². The van der Waals surface area contributed by atoms with Crippen LogP contribution in [0.3, 0.4) is 0 Å². The predicted octanol–water partition coefficient (Wildman–Crippen LogP) is 3.83. The molecule has 0 radical (unpaired) electrons. The summed E-state index contributed by atoms with van der Waals surface area (Å²) in [5.74, 6) is 0.236. The summed E-state index contributed by atoms with van der Waals surface area (Å²) in [5.41, 5.74) is 3.35. The van der Waals surface area contributed by atoms with Crippen LogP contribution in [-0.2, 0) is 6.54 Å². The minimum atomic E-state index is 0.236. The molecule has 0 aliphatic carbocycles. The Morgan fingerprint density at radius 1 is 1.17 bits per heavy atom. The Morgan fingerprint density at radius 2 is 1.89 bits per heavy atom. The van der Waals surface area contributed by atoms with Crippen molar-refractivity contribution in [3.63, 3.8) is 0 Å². The summed E-state index contributed by atoms with van der Waals surface area (Å²) >= 11 is 0. The highest BCUT2D eigenvalue weighted by Gasteiger charge is 2.06. The van der Waals surface area contributed by atoms with Crippen LogP contribution in [-0.4, -0.2) is 10.4 Å². The highest BCUT2D eigenvalue weighted by atomic mass is 16.1. The van der Waals surface area contributed by atoms with Gasteiger partial charge < -0.3 is 4.57 Å². The molecule has 2 heteroatoms. The summed E-state index contributed by atoms with van der Waals surface area (Å²) in [6, 6.07) is 10.4. The molecule has 0 saturated heterocycles. The van der Waals surface area contributed by atoms with E-state index < -0.39 is 0 Å². The van der Waals surface area contributed by atoms with Gasteiger partial charge >= 0.3 is 0 Å². The number of ketones is 1. The zero-order chi connectivity index (χ0) is 13.0. The molecule has 0 amide bonds. The van der Waals surface area contributed by atoms with Crippen molar-refractivity contribution < 1.29 is 4.79 Å². The molecule has 0 N–H and O–H groups in total. The molecule has 1 aromatic heterocycles. The first-order chi connectivity index (χ1) is 8.69. The molecule has 94 valence electrons. The third kappa shape index (κ3) is 3.10. The minimum Gasteiger partial charge on any atom is -0.349 e. The van der Waals surface area contributed by atoms with E-state index in [1.165, 1.54) is 11.1 Å². The van der Waals surface area contributed by atoms with Crippen LogP contribution in [0.4, 0.5) is 0 Å². The van der Waals surface area contributed by atoms with E-state index in [9.17, 15) is 4.79 Å². The number of carbonyl (C=O) groups excluding carboxylic acids is 1. The Bertz CT molecular complexity index is 522. The Morgan fingerprint density at radius 3 is 2.56 bits per heavy atom. The zero-order valence-corrected chi connectivity index (χ0v) is 11.0. The van der Waals surface area contributed by atoms with E-state index in [-0.39, 0.29) is 5.78 Å². The Kier molecular flexibility index (Phi) is 3.98. The van der Waals surface area contributed by atoms with Gasteiger partial charge in [-0.05, 0) is 25.0 Å². The number of aromatic nitrogens is 1. The predicted molar refractivity (Wildman–Crippen MR) is 74.0 cm³/mol. The molecule has 0 aliphatic heterocycles. The first-order valence-corrected chi connectivity index (χ1v) is 6.43. The fourth-order valence-electron chi connectivity index (χ4n) is 1.98. The summed E-state index contributed by atoms with van der Waals surface area (Å²) in [6.45, 7) is 4.93. The third-order valence-corrected chi connectivity index (χ3v) is 3.04. The van der Waals surface area contributed by atoms with E-state index in [4.69, 9.17) is 0 Å². The van der Waals surface area contributed by atoms with Gasteiger partial charge in [0.2, 0.25) is 0 Å². The van der Waals surface area contributed by atoms with E-state index in [1.54, 1.807) is 0 Å². The SMILES string of the molecule is CCCC(=O)c1ccn(Cc2ccc(C)cc2)c1. The number of hydrogen-bond donors (Lipinski definition) is 0. The molecular weight excluding hydrogens is 222 g/mol. The first kappa shape index (κ1) is 12.6. The molecule has 0 atom stereocenters. The van der Waals surface area contributed by atoms with Crippen molar-refractivity contribution in [2.45, 2.75) is 33.2 Å². The summed E-state index contributed by atoms with van der Waals surface area (Å²) in [5, 5.41) is 0. The minimum absolute atomic E-state index is 0.236. The number of aryl methyl sites for hydroxylation is 1. The van der Waals surface area contributed by atoms with Gasteiger partial charge in [-0.15, -0.1) is 0 Å². The lowest BCUT2D eigenvalue weighted by Gasteiger charge is -2.03. The number of carbonyl (C=O) groups is 1. The van der Waals surface area contributed by atoms with Crippen LogP contribution in [0.2, 0.25) is 0 Å². The van der Waals surface area contributed by atoms with Crippen LogP contribution in [0.1, 0.15) is 41.3 Å². The van der Waals surface area contributed by atoms with Crippen molar-refractivity contribution in [2.75, 3.05) is 0 Å². The molecule has 18 heavy (non-hydrogen) atoms. The zero-order valence-electron chi connectivity index (χ0n) is 11.0. The average molecular weight is 241 g/mol. The van der Waals surface area contributed by atoms with Gasteiger partial charge in [-0.1, -0.05) is 36.8 Å². The Hall–Kier alpha value is -1.83. The van der Waals surface area contributed by atoms with Gasteiger partial charge in [0.15, 0.2) is 5.78 Å². The highest BCUT2D eigenvalue weighted by Crippen LogP contribution is 2.10. The van der Waals surface area contributed by atoms with Crippen molar-refractivity contribution in [1.29, 1.82) is 0 Å². The highest BCUT2D eigenvalue weighted by molar-refractivity contribution is 5.95. The lowest BCUT2D eigenvalue weighted by molar-refractivity contribution is 0.0981. The van der Waals surface area contributed by atoms with Crippen molar-refractivity contribution in [3.8, 4) is 0 Å². The van der Waals surface area contributed by atoms with Gasteiger partial charge in [0.05, 0.1) is 0 Å². The largest absolute Gasteiger partial charge is 0.349 e. The standard InChI is InChI=1S/C16H19NO/c1-3-4-16(18)15-9-10-17(12-15)11-14-7-5-13(2)6-8-14/h5-10,12H,3-4,11H2,1-2H3. The lowest BCUT2D eigenvalue weighted by atomic mass is 10.1. The Labute approximate surface area is 108 Å². The van der Waals surface area contributed by atoms with Gasteiger partial charge in [0.1, 0.15) is 0 Å². The van der Waals surface area contributed by atoms with E-state index in [0.717, 1.165) is 18.5 Å². The second-order valence-corrected chi connectivity index (χ2v) is 4.73. The van der Waals surface area contributed by atoms with E-state index >= 15 is 0 Å². The molecule has 0 unspecified atom stereocenters. The maximum Gasteiger partial charge on any atom is 0.164 e. The molecule has 0 aliphatic rings. The van der Waals surface area contributed by atoms with E-state index in [2.05, 4.69) is 35.8 Å². The fraction of sp³-hybridized carbons (Fsp3) is 0.312. The summed E-state index contributed by atoms with van der Waals surface area (Å²) in [7, 11) is 0. The molecule has 2 rings (SSSR count). The van der Waals surface area contributed by atoms with Crippen molar-refractivity contribution in [1.82, 2.24) is 4.57 Å². The average Bonchev–Trinajstić information content (AvgIpc) is 2.81. The molecule has 0 bridgehead atoms. The molecule has 2 aromatic rings. The van der Waals surface area contributed by atoms with Crippen molar-refractivity contribution in [2.24, 2.45) is 0 Å². The van der Waals surface area contributed by atoms with Gasteiger partial charge in [-0.2, -0.15) is 0 Å². The van der Waals surface area contributed by atoms with Crippen molar-refractivity contribution in [3.05, 3.63) is 59.4 Å². The normalized spacial score (nSPS) is 10.6. The number of benzene rings is 1. The maximum absolute atomic E-state index is 11.7. The van der Waals surface area contributed by atoms with Gasteiger partial charge in [0, 0.05) is 30.9 Å². The van der Waals surface area contributed by atoms with Crippen LogP contribution in [0.15, 0.2) is 42.7 Å². The summed E-state index contributed by atoms with van der Waals surface area (Å²) in [6.07, 6.45) is 5.46. The van der Waals surface area contributed by atoms with Gasteiger partial charge in [-0.25, -0.2) is 0 Å². The van der Waals surface area contributed by atoms with E-state index in [1.807, 2.05) is 25.4 Å². The van der Waals surface area contributed by atoms with Gasteiger partial charge in [-0.3, -0.25) is 4.79 Å². The van der Waals surface area contributed by atoms with Gasteiger partial charge in [0.25, 0.3) is 0 Å². The second kappa shape index (κ2) is 5.67. The lowest BCUT2D eigenvalue weighted by Crippen LogP contribution is -1.99. The molecule has 0 fully saturated rings. The summed E-state index contributed by atoms with van der Waals surface area (Å²) in [4.78, 5) is 11.7. The quantitative estimate of drug-likeness (QED) is 0.729. The molecule has 2 nitrogen and oxygen atoms in total. The number of nitrogens with zero attached hydrogens (tertiary/aromatic N) is 1. The van der Waals surface area contributed by atoms with Crippen LogP contribution in [0, 0.1) is 6.92 Å². The maximum atomic E-state index is 11.7. The second-order valence-electron chi connectivity index (χ2n) is 4.73. The number of rotatable bonds is 5. The smallest absolute Gasteiger partial charge is 0.164 e. The molecule has 1 aromatic carbocycles. The monoisotopic (exact) mass is 241 g/mol. The molecule has 0 spiro atoms. The fourth-order valence-corrected chi connectivity index (χ4v) is 1.98. The van der Waals surface area contributed by atoms with Crippen LogP contribution in [0.5, 0.6) is 0 Å². The Balaban J connectivity index is 2.06. The third-order valence-electron chi connectivity index (χ3n) is 3.04. The molecule has 1 heterocycles. The molecular formula is C16H19NO. The number of hydrogen-bond acceptors (Lipinski definition) is 1. The van der Waals surface area contributed by atoms with Crippen molar-refractivity contribution >= 4 is 5.78 Å². The van der Waals surface area contributed by atoms with Crippen LogP contribution < -0.4 is 0 Å². The first-order valence-electron chi connectivity index (χ1n) is 6.43. The summed E-state index contributed by atoms with van der Waals surface area (Å²) < 4.78 is 2.06. The van der Waals surface area contributed by atoms with Crippen LogP contribution in [0.25, 0.3) is 0 Å². The van der Waals surface area contributed by atoms with E-state index in [0.29, 0.717) is 6.42 Å². The number of Topliss-reactive ketones (excluding diaryl/α,β-unsaturated/α-hetero) is 1. The topological polar surface area (TPSA) is 22.0 Å².